The highest BCUT2D eigenvalue weighted by Gasteiger charge is 2.32. The minimum Gasteiger partial charge on any atom is -0.444 e. The Morgan fingerprint density at radius 1 is 1.14 bits per heavy atom. The van der Waals surface area contributed by atoms with Gasteiger partial charge in [0.25, 0.3) is 10.1 Å². The summed E-state index contributed by atoms with van der Waals surface area (Å²) < 4.78 is 51.9. The molecular weight excluding hydrogens is 483 g/mol. The number of hydrogen-bond donors (Lipinski definition) is 0. The van der Waals surface area contributed by atoms with Gasteiger partial charge in [-0.1, -0.05) is 17.7 Å². The number of ether oxygens (including phenoxy) is 1. The van der Waals surface area contributed by atoms with Crippen molar-refractivity contribution in [3.8, 4) is 0 Å². The summed E-state index contributed by atoms with van der Waals surface area (Å²) in [6.07, 6.45) is 3.91. The summed E-state index contributed by atoms with van der Waals surface area (Å²) in [5, 5.41) is 0.869. The highest BCUT2D eigenvalue weighted by atomic mass is 32.2. The lowest BCUT2D eigenvalue weighted by Gasteiger charge is -2.28. The van der Waals surface area contributed by atoms with Gasteiger partial charge in [0.05, 0.1) is 17.0 Å². The van der Waals surface area contributed by atoms with E-state index in [0.717, 1.165) is 29.4 Å². The summed E-state index contributed by atoms with van der Waals surface area (Å²) in [5.41, 5.74) is 2.00. The van der Waals surface area contributed by atoms with Gasteiger partial charge in [-0.3, -0.25) is 4.18 Å². The van der Waals surface area contributed by atoms with Crippen molar-refractivity contribution in [2.24, 2.45) is 0 Å². The number of nitrogens with zero attached hydrogens (tertiary/aromatic N) is 2. The van der Waals surface area contributed by atoms with Crippen molar-refractivity contribution in [3.63, 3.8) is 0 Å². The molecular formula is C27H33FN2O5S. The number of aryl methyl sites for hydroxylation is 1. The molecule has 7 nitrogen and oxygen atoms in total. The fraction of sp³-hybridized carbons (Fsp3) is 0.444. The van der Waals surface area contributed by atoms with Crippen molar-refractivity contribution >= 4 is 27.1 Å². The van der Waals surface area contributed by atoms with Crippen LogP contribution in [-0.2, 0) is 32.0 Å². The van der Waals surface area contributed by atoms with E-state index in [9.17, 15) is 17.6 Å². The van der Waals surface area contributed by atoms with Gasteiger partial charge in [-0.15, -0.1) is 0 Å². The van der Waals surface area contributed by atoms with Crippen LogP contribution in [0.15, 0.2) is 53.6 Å². The van der Waals surface area contributed by atoms with Gasteiger partial charge in [-0.25, -0.2) is 9.18 Å². The minimum absolute atomic E-state index is 0.0258. The molecule has 0 N–H and O–H groups in total. The Hall–Kier alpha value is -2.91. The van der Waals surface area contributed by atoms with E-state index in [1.807, 2.05) is 38.5 Å². The minimum atomic E-state index is -3.90. The van der Waals surface area contributed by atoms with Crippen molar-refractivity contribution in [2.45, 2.75) is 70.0 Å². The molecule has 0 bridgehead atoms. The molecule has 4 rings (SSSR count). The van der Waals surface area contributed by atoms with Gasteiger partial charge in [-0.05, 0) is 82.9 Å². The maximum atomic E-state index is 14.1. The van der Waals surface area contributed by atoms with Crippen molar-refractivity contribution in [2.75, 3.05) is 13.2 Å². The maximum Gasteiger partial charge on any atom is 0.410 e. The van der Waals surface area contributed by atoms with Gasteiger partial charge in [0.1, 0.15) is 11.4 Å². The number of benzene rings is 2. The van der Waals surface area contributed by atoms with Crippen LogP contribution < -0.4 is 0 Å². The number of hydrogen-bond acceptors (Lipinski definition) is 5. The third-order valence-corrected chi connectivity index (χ3v) is 7.59. The number of carbonyl (C=O) groups is 1. The van der Waals surface area contributed by atoms with E-state index < -0.39 is 15.7 Å². The molecule has 1 unspecified atom stereocenters. The lowest BCUT2D eigenvalue weighted by molar-refractivity contribution is 0.0227. The van der Waals surface area contributed by atoms with E-state index >= 15 is 0 Å². The first-order valence-corrected chi connectivity index (χ1v) is 13.6. The number of likely N-dealkylation sites (tertiary alicyclic amines) is 1. The van der Waals surface area contributed by atoms with Gasteiger partial charge in [0.15, 0.2) is 0 Å². The van der Waals surface area contributed by atoms with Crippen LogP contribution in [0.1, 0.15) is 44.7 Å². The van der Waals surface area contributed by atoms with Crippen LogP contribution >= 0.6 is 0 Å². The molecule has 1 aromatic heterocycles. The molecule has 194 valence electrons. The smallest absolute Gasteiger partial charge is 0.410 e. The first-order valence-electron chi connectivity index (χ1n) is 12.2. The molecule has 2 heterocycles. The summed E-state index contributed by atoms with van der Waals surface area (Å²) in [6, 6.07) is 11.0. The number of fused-ring (bicyclic) bond motifs is 1. The summed E-state index contributed by atoms with van der Waals surface area (Å²) in [6.45, 7) is 8.19. The molecule has 1 aliphatic heterocycles. The highest BCUT2D eigenvalue weighted by molar-refractivity contribution is 7.86. The lowest BCUT2D eigenvalue weighted by atomic mass is 10.0. The van der Waals surface area contributed by atoms with Crippen molar-refractivity contribution in [1.82, 2.24) is 9.47 Å². The average molecular weight is 517 g/mol. The van der Waals surface area contributed by atoms with Crippen molar-refractivity contribution in [3.05, 3.63) is 65.6 Å². The zero-order chi connectivity index (χ0) is 26.1. The second-order valence-corrected chi connectivity index (χ2v) is 11.9. The Balaban J connectivity index is 1.51. The SMILES string of the molecule is Cc1ccc(S(=O)(=O)OCCn2cc(CC3CCCN3C(=O)OC(C)(C)C)c3ccc(F)cc32)cc1. The van der Waals surface area contributed by atoms with Crippen LogP contribution in [0.25, 0.3) is 10.9 Å². The monoisotopic (exact) mass is 516 g/mol. The standard InChI is InChI=1S/C27H33FN2O5S/c1-19-7-10-23(11-8-19)36(32,33)34-15-14-29-18-20(24-12-9-21(28)17-25(24)29)16-22-6-5-13-30(22)26(31)35-27(2,3)4/h7-12,17-18,22H,5-6,13-16H2,1-4H3. The average Bonchev–Trinajstić information content (AvgIpc) is 3.38. The maximum absolute atomic E-state index is 14.1. The van der Waals surface area contributed by atoms with Gasteiger partial charge in [0.2, 0.25) is 0 Å². The summed E-state index contributed by atoms with van der Waals surface area (Å²) >= 11 is 0. The molecule has 0 spiro atoms. The molecule has 3 aromatic rings. The van der Waals surface area contributed by atoms with E-state index in [1.54, 1.807) is 23.1 Å². The van der Waals surface area contributed by atoms with Crippen LogP contribution in [0, 0.1) is 12.7 Å². The Kier molecular flexibility index (Phi) is 7.43. The number of amides is 1. The van der Waals surface area contributed by atoms with Crippen LogP contribution in [0.3, 0.4) is 0 Å². The van der Waals surface area contributed by atoms with Crippen molar-refractivity contribution < 1.29 is 26.5 Å². The molecule has 2 aromatic carbocycles. The second kappa shape index (κ2) is 10.2. The largest absolute Gasteiger partial charge is 0.444 e. The number of aromatic nitrogens is 1. The molecule has 0 saturated carbocycles. The quantitative estimate of drug-likeness (QED) is 0.391. The molecule has 1 amide bonds. The number of rotatable bonds is 7. The predicted molar refractivity (Wildman–Crippen MR) is 136 cm³/mol. The van der Waals surface area contributed by atoms with Crippen LogP contribution in [0.2, 0.25) is 0 Å². The van der Waals surface area contributed by atoms with Gasteiger partial charge < -0.3 is 14.2 Å². The van der Waals surface area contributed by atoms with Gasteiger partial charge >= 0.3 is 6.09 Å². The molecule has 0 radical (unpaired) electrons. The highest BCUT2D eigenvalue weighted by Crippen LogP contribution is 2.29. The van der Waals surface area contributed by atoms with Gasteiger partial charge in [-0.2, -0.15) is 8.42 Å². The van der Waals surface area contributed by atoms with Crippen LogP contribution in [0.5, 0.6) is 0 Å². The summed E-state index contributed by atoms with van der Waals surface area (Å²) in [5.74, 6) is -0.377. The predicted octanol–water partition coefficient (Wildman–Crippen LogP) is 5.44. The fourth-order valence-electron chi connectivity index (χ4n) is 4.57. The van der Waals surface area contributed by atoms with Crippen molar-refractivity contribution in [1.29, 1.82) is 0 Å². The zero-order valence-corrected chi connectivity index (χ0v) is 22.0. The van der Waals surface area contributed by atoms with E-state index in [-0.39, 0.29) is 36.0 Å². The lowest BCUT2D eigenvalue weighted by Crippen LogP contribution is -2.40. The second-order valence-electron chi connectivity index (χ2n) is 10.3. The number of carbonyl (C=O) groups excluding carboxylic acids is 1. The summed E-state index contributed by atoms with van der Waals surface area (Å²) in [4.78, 5) is 14.6. The van der Waals surface area contributed by atoms with Crippen LogP contribution in [0.4, 0.5) is 9.18 Å². The third kappa shape index (κ3) is 6.07. The Labute approximate surface area is 211 Å². The third-order valence-electron chi connectivity index (χ3n) is 6.27. The zero-order valence-electron chi connectivity index (χ0n) is 21.2. The number of halogens is 1. The first kappa shape index (κ1) is 26.2. The molecule has 1 aliphatic rings. The Morgan fingerprint density at radius 2 is 1.86 bits per heavy atom. The molecule has 1 saturated heterocycles. The Morgan fingerprint density at radius 3 is 2.56 bits per heavy atom. The fourth-order valence-corrected chi connectivity index (χ4v) is 5.47. The van der Waals surface area contributed by atoms with Crippen LogP contribution in [-0.4, -0.2) is 48.8 Å². The topological polar surface area (TPSA) is 77.8 Å². The molecule has 9 heteroatoms. The normalized spacial score (nSPS) is 16.6. The molecule has 0 aliphatic carbocycles. The molecule has 1 atom stereocenters. The summed E-state index contributed by atoms with van der Waals surface area (Å²) in [7, 11) is -3.90. The van der Waals surface area contributed by atoms with E-state index in [2.05, 4.69) is 0 Å². The molecule has 1 fully saturated rings. The Bertz CT molecular complexity index is 1340. The molecule has 36 heavy (non-hydrogen) atoms. The first-order chi connectivity index (χ1) is 16.9. The van der Waals surface area contributed by atoms with E-state index in [0.29, 0.717) is 18.5 Å². The van der Waals surface area contributed by atoms with Gasteiger partial charge in [0, 0.05) is 30.7 Å². The van der Waals surface area contributed by atoms with E-state index in [1.165, 1.54) is 24.3 Å². The van der Waals surface area contributed by atoms with E-state index in [4.69, 9.17) is 8.92 Å².